The molecule has 0 nitrogen and oxygen atoms in total. The molecule has 0 aliphatic heterocycles. The Hall–Kier alpha value is 1.40. The average Bonchev–Trinajstić information content (AvgIpc) is 2.26. The van der Waals surface area contributed by atoms with E-state index in [1.165, 1.54) is 5.75 Å². The second-order valence-corrected chi connectivity index (χ2v) is 10.5. The van der Waals surface area contributed by atoms with Gasteiger partial charge in [-0.25, -0.2) is 0 Å². The fourth-order valence-corrected chi connectivity index (χ4v) is 4.94. The van der Waals surface area contributed by atoms with Crippen LogP contribution in [0.5, 0.6) is 0 Å². The summed E-state index contributed by atoms with van der Waals surface area (Å²) in [5.74, 6) is 2.85. The lowest BCUT2D eigenvalue weighted by molar-refractivity contribution is 0.645. The van der Waals surface area contributed by atoms with E-state index in [1.54, 1.807) is 0 Å². The first kappa shape index (κ1) is 20.7. The van der Waals surface area contributed by atoms with Crippen LogP contribution in [0.25, 0.3) is 0 Å². The van der Waals surface area contributed by atoms with Crippen LogP contribution in [0.4, 0.5) is 0 Å². The predicted octanol–water partition coefficient (Wildman–Crippen LogP) is 6.47. The summed E-state index contributed by atoms with van der Waals surface area (Å²) in [4.78, 5) is 0. The third kappa shape index (κ3) is 15.3. The Morgan fingerprint density at radius 2 is 1.18 bits per heavy atom. The van der Waals surface area contributed by atoms with Gasteiger partial charge in [-0.2, -0.15) is 0 Å². The molecule has 0 spiro atoms. The molecule has 0 rings (SSSR count). The molecule has 2 unspecified atom stereocenters. The molecule has 0 N–H and O–H groups in total. The van der Waals surface area contributed by atoms with E-state index in [9.17, 15) is 0 Å². The Labute approximate surface area is 125 Å². The van der Waals surface area contributed by atoms with Crippen LogP contribution in [0.1, 0.15) is 48.5 Å². The Morgan fingerprint density at radius 3 is 1.41 bits per heavy atom. The van der Waals surface area contributed by atoms with Crippen molar-refractivity contribution in [2.45, 2.75) is 59.0 Å². The lowest BCUT2D eigenvalue weighted by Crippen LogP contribution is -2.03. The molecule has 2 atom stereocenters. The SMILES string of the molecule is CCSSC(C)C(C)C.CSSC(C)C(C)C. The summed E-state index contributed by atoms with van der Waals surface area (Å²) >= 11 is 0. The molecule has 0 amide bonds. The van der Waals surface area contributed by atoms with Crippen molar-refractivity contribution in [1.82, 2.24) is 0 Å². The third-order valence-corrected chi connectivity index (χ3v) is 8.24. The Bertz CT molecular complexity index is 148. The zero-order valence-corrected chi connectivity index (χ0v) is 15.9. The van der Waals surface area contributed by atoms with Gasteiger partial charge in [0.15, 0.2) is 0 Å². The largest absolute Gasteiger partial charge is 0.0973 e. The Kier molecular flexibility index (Phi) is 16.8. The lowest BCUT2D eigenvalue weighted by Gasteiger charge is -2.12. The topological polar surface area (TPSA) is 0 Å². The van der Waals surface area contributed by atoms with Gasteiger partial charge < -0.3 is 0 Å². The summed E-state index contributed by atoms with van der Waals surface area (Å²) in [6.07, 6.45) is 2.13. The molecule has 106 valence electrons. The highest BCUT2D eigenvalue weighted by Gasteiger charge is 2.06. The van der Waals surface area contributed by atoms with Gasteiger partial charge in [0.25, 0.3) is 0 Å². The molecular formula is C13H30S4. The van der Waals surface area contributed by atoms with Gasteiger partial charge in [-0.1, -0.05) is 91.6 Å². The summed E-state index contributed by atoms with van der Waals surface area (Å²) in [6, 6.07) is 0. The second kappa shape index (κ2) is 13.8. The zero-order valence-electron chi connectivity index (χ0n) is 12.6. The smallest absolute Gasteiger partial charge is 0.0146 e. The minimum Gasteiger partial charge on any atom is -0.0973 e. The van der Waals surface area contributed by atoms with Crippen molar-refractivity contribution in [3.8, 4) is 0 Å². The van der Waals surface area contributed by atoms with Crippen molar-refractivity contribution < 1.29 is 0 Å². The van der Waals surface area contributed by atoms with Gasteiger partial charge in [0.05, 0.1) is 0 Å². The number of rotatable bonds is 7. The minimum absolute atomic E-state index is 0.796. The van der Waals surface area contributed by atoms with Gasteiger partial charge in [0.2, 0.25) is 0 Å². The van der Waals surface area contributed by atoms with Crippen LogP contribution < -0.4 is 0 Å². The molecule has 0 fully saturated rings. The molecule has 0 heterocycles. The van der Waals surface area contributed by atoms with E-state index in [0.717, 1.165) is 22.3 Å². The fourth-order valence-electron chi connectivity index (χ4n) is 0.549. The lowest BCUT2D eigenvalue weighted by atomic mass is 10.2. The molecule has 0 aliphatic rings. The summed E-state index contributed by atoms with van der Waals surface area (Å²) in [5, 5.41) is 1.60. The zero-order chi connectivity index (χ0) is 13.8. The van der Waals surface area contributed by atoms with Gasteiger partial charge in [0, 0.05) is 16.3 Å². The quantitative estimate of drug-likeness (QED) is 0.493. The first-order valence-corrected chi connectivity index (χ1v) is 11.3. The normalized spacial score (nSPS) is 14.5. The van der Waals surface area contributed by atoms with Crippen molar-refractivity contribution in [2.24, 2.45) is 11.8 Å². The number of hydrogen-bond acceptors (Lipinski definition) is 4. The number of hydrogen-bond donors (Lipinski definition) is 0. The van der Waals surface area contributed by atoms with Crippen molar-refractivity contribution in [1.29, 1.82) is 0 Å². The fraction of sp³-hybridized carbons (Fsp3) is 1.00. The van der Waals surface area contributed by atoms with Crippen molar-refractivity contribution >= 4 is 43.2 Å². The standard InChI is InChI=1S/C7H16S2.C6H14S2/c1-5-8-9-7(4)6(2)3;1-5(2)6(3)8-7-4/h6-7H,5H2,1-4H3;5-6H,1-4H3. The van der Waals surface area contributed by atoms with Crippen LogP contribution >= 0.6 is 43.2 Å². The maximum atomic E-state index is 2.29. The Balaban J connectivity index is 0. The maximum absolute atomic E-state index is 2.29. The van der Waals surface area contributed by atoms with E-state index in [-0.39, 0.29) is 0 Å². The Morgan fingerprint density at radius 1 is 0.765 bits per heavy atom. The van der Waals surface area contributed by atoms with E-state index >= 15 is 0 Å². The average molecular weight is 315 g/mol. The van der Waals surface area contributed by atoms with Gasteiger partial charge in [0.1, 0.15) is 0 Å². The molecule has 17 heavy (non-hydrogen) atoms. The highest BCUT2D eigenvalue weighted by Crippen LogP contribution is 2.30. The second-order valence-electron chi connectivity index (χ2n) is 4.66. The van der Waals surface area contributed by atoms with Crippen molar-refractivity contribution in [3.05, 3.63) is 0 Å². The van der Waals surface area contributed by atoms with Crippen LogP contribution in [0.15, 0.2) is 0 Å². The van der Waals surface area contributed by atoms with Crippen LogP contribution in [-0.2, 0) is 0 Å². The van der Waals surface area contributed by atoms with E-state index in [1.807, 2.05) is 43.2 Å². The molecule has 0 saturated carbocycles. The first-order valence-electron chi connectivity index (χ1n) is 6.34. The van der Waals surface area contributed by atoms with E-state index in [0.29, 0.717) is 0 Å². The minimum atomic E-state index is 0.796. The highest BCUT2D eigenvalue weighted by atomic mass is 33.1. The summed E-state index contributed by atoms with van der Waals surface area (Å²) in [6.45, 7) is 15.8. The predicted molar refractivity (Wildman–Crippen MR) is 95.4 cm³/mol. The van der Waals surface area contributed by atoms with Crippen LogP contribution in [0.2, 0.25) is 0 Å². The molecule has 0 aromatic rings. The van der Waals surface area contributed by atoms with E-state index in [4.69, 9.17) is 0 Å². The van der Waals surface area contributed by atoms with Gasteiger partial charge >= 0.3 is 0 Å². The molecular weight excluding hydrogens is 284 g/mol. The van der Waals surface area contributed by atoms with Crippen LogP contribution in [0.3, 0.4) is 0 Å². The van der Waals surface area contributed by atoms with Gasteiger partial charge in [-0.3, -0.25) is 0 Å². The summed E-state index contributed by atoms with van der Waals surface area (Å²) in [7, 11) is 7.77. The summed E-state index contributed by atoms with van der Waals surface area (Å²) < 4.78 is 0. The monoisotopic (exact) mass is 314 g/mol. The molecule has 0 aromatic heterocycles. The molecule has 0 saturated heterocycles. The first-order chi connectivity index (χ1) is 7.86. The molecule has 0 radical (unpaired) electrons. The van der Waals surface area contributed by atoms with E-state index in [2.05, 4.69) is 54.7 Å². The highest BCUT2D eigenvalue weighted by molar-refractivity contribution is 8.77. The molecule has 0 aromatic carbocycles. The van der Waals surface area contributed by atoms with Crippen molar-refractivity contribution in [2.75, 3.05) is 12.0 Å². The maximum Gasteiger partial charge on any atom is 0.0146 e. The van der Waals surface area contributed by atoms with Gasteiger partial charge in [-0.15, -0.1) is 0 Å². The molecule has 4 heteroatoms. The third-order valence-electron chi connectivity index (χ3n) is 2.46. The van der Waals surface area contributed by atoms with Crippen molar-refractivity contribution in [3.63, 3.8) is 0 Å². The van der Waals surface area contributed by atoms with Crippen LogP contribution in [-0.4, -0.2) is 22.5 Å². The summed E-state index contributed by atoms with van der Waals surface area (Å²) in [5.41, 5.74) is 0. The van der Waals surface area contributed by atoms with Gasteiger partial charge in [-0.05, 0) is 18.1 Å². The van der Waals surface area contributed by atoms with E-state index < -0.39 is 0 Å². The molecule has 0 bridgehead atoms. The molecule has 0 aliphatic carbocycles. The van der Waals surface area contributed by atoms with Crippen LogP contribution in [0, 0.1) is 11.8 Å².